The van der Waals surface area contributed by atoms with Crippen LogP contribution in [0.5, 0.6) is 0 Å². The van der Waals surface area contributed by atoms with Crippen molar-refractivity contribution < 1.29 is 4.79 Å². The summed E-state index contributed by atoms with van der Waals surface area (Å²) in [5.74, 6) is 0.548. The fourth-order valence-corrected chi connectivity index (χ4v) is 1.24. The summed E-state index contributed by atoms with van der Waals surface area (Å²) in [5.41, 5.74) is 5.42. The van der Waals surface area contributed by atoms with E-state index in [1.54, 1.807) is 0 Å². The fraction of sp³-hybridized carbons (Fsp3) is 0.889. The molecule has 0 radical (unpaired) electrons. The molecule has 70 valence electrons. The lowest BCUT2D eigenvalue weighted by atomic mass is 10.1. The van der Waals surface area contributed by atoms with Gasteiger partial charge in [-0.05, 0) is 32.2 Å². The van der Waals surface area contributed by atoms with Gasteiger partial charge in [-0.3, -0.25) is 4.79 Å². The largest absolute Gasteiger partial charge is 0.353 e. The van der Waals surface area contributed by atoms with Crippen molar-refractivity contribution in [3.8, 4) is 0 Å². The van der Waals surface area contributed by atoms with Gasteiger partial charge in [-0.1, -0.05) is 6.92 Å². The van der Waals surface area contributed by atoms with E-state index in [-0.39, 0.29) is 5.91 Å². The fourth-order valence-electron chi connectivity index (χ4n) is 1.24. The number of nitrogens with one attached hydrogen (secondary N) is 1. The Hall–Kier alpha value is -0.570. The van der Waals surface area contributed by atoms with Crippen LogP contribution in [0.2, 0.25) is 0 Å². The molecule has 3 heteroatoms. The van der Waals surface area contributed by atoms with E-state index in [9.17, 15) is 4.79 Å². The molecule has 1 rings (SSSR count). The number of amides is 1. The smallest absolute Gasteiger partial charge is 0.223 e. The molecule has 1 amide bonds. The molecule has 0 aliphatic heterocycles. The lowest BCUT2D eigenvalue weighted by Gasteiger charge is -2.15. The van der Waals surface area contributed by atoms with Crippen LogP contribution in [0.3, 0.4) is 0 Å². The van der Waals surface area contributed by atoms with Gasteiger partial charge in [0.2, 0.25) is 5.91 Å². The van der Waals surface area contributed by atoms with Crippen molar-refractivity contribution in [1.82, 2.24) is 5.32 Å². The second-order valence-corrected chi connectivity index (χ2v) is 3.47. The van der Waals surface area contributed by atoms with E-state index in [4.69, 9.17) is 5.73 Å². The first-order valence-corrected chi connectivity index (χ1v) is 4.78. The minimum absolute atomic E-state index is 0.232. The Bertz CT molecular complexity index is 155. The maximum atomic E-state index is 11.3. The molecule has 0 aromatic heterocycles. The monoisotopic (exact) mass is 170 g/mol. The van der Waals surface area contributed by atoms with Crippen LogP contribution in [-0.4, -0.2) is 18.5 Å². The summed E-state index contributed by atoms with van der Waals surface area (Å²) in [6.07, 6.45) is 4.03. The first-order valence-electron chi connectivity index (χ1n) is 4.78. The van der Waals surface area contributed by atoms with Crippen molar-refractivity contribution in [2.45, 2.75) is 38.6 Å². The number of hydrogen-bond acceptors (Lipinski definition) is 2. The average Bonchev–Trinajstić information content (AvgIpc) is 2.85. The third-order valence-electron chi connectivity index (χ3n) is 2.30. The van der Waals surface area contributed by atoms with Gasteiger partial charge in [-0.15, -0.1) is 0 Å². The Morgan fingerprint density at radius 1 is 1.67 bits per heavy atom. The maximum Gasteiger partial charge on any atom is 0.223 e. The highest BCUT2D eigenvalue weighted by molar-refractivity contribution is 5.81. The van der Waals surface area contributed by atoms with Gasteiger partial charge in [0.15, 0.2) is 0 Å². The summed E-state index contributed by atoms with van der Waals surface area (Å²) in [6.45, 7) is 2.73. The third-order valence-corrected chi connectivity index (χ3v) is 2.30. The van der Waals surface area contributed by atoms with E-state index in [1.807, 2.05) is 0 Å². The zero-order chi connectivity index (χ0) is 8.97. The zero-order valence-electron chi connectivity index (χ0n) is 7.68. The molecule has 3 nitrogen and oxygen atoms in total. The molecule has 1 fully saturated rings. The standard InChI is InChI=1S/C9H18N2O/c1-2-8(5-6-10)11-9(12)7-3-4-7/h7-8H,2-6,10H2,1H3,(H,11,12). The van der Waals surface area contributed by atoms with E-state index < -0.39 is 0 Å². The van der Waals surface area contributed by atoms with Crippen LogP contribution in [0.25, 0.3) is 0 Å². The molecule has 0 heterocycles. The summed E-state index contributed by atoms with van der Waals surface area (Å²) >= 11 is 0. The summed E-state index contributed by atoms with van der Waals surface area (Å²) in [5, 5.41) is 3.01. The van der Waals surface area contributed by atoms with E-state index >= 15 is 0 Å². The predicted molar refractivity (Wildman–Crippen MR) is 48.6 cm³/mol. The summed E-state index contributed by atoms with van der Waals surface area (Å²) in [6, 6.07) is 0.295. The van der Waals surface area contributed by atoms with Crippen LogP contribution in [-0.2, 0) is 4.79 Å². The van der Waals surface area contributed by atoms with Gasteiger partial charge < -0.3 is 11.1 Å². The number of carbonyl (C=O) groups is 1. The normalized spacial score (nSPS) is 18.8. The van der Waals surface area contributed by atoms with Crippen molar-refractivity contribution in [3.63, 3.8) is 0 Å². The summed E-state index contributed by atoms with van der Waals surface area (Å²) < 4.78 is 0. The molecule has 1 saturated carbocycles. The molecule has 1 atom stereocenters. The van der Waals surface area contributed by atoms with Gasteiger partial charge in [0.1, 0.15) is 0 Å². The quantitative estimate of drug-likeness (QED) is 0.636. The van der Waals surface area contributed by atoms with Crippen molar-refractivity contribution in [2.24, 2.45) is 11.7 Å². The molecular formula is C9H18N2O. The van der Waals surface area contributed by atoms with Crippen LogP contribution in [0, 0.1) is 5.92 Å². The number of carbonyl (C=O) groups excluding carboxylic acids is 1. The number of nitrogens with two attached hydrogens (primary N) is 1. The topological polar surface area (TPSA) is 55.1 Å². The van der Waals surface area contributed by atoms with Crippen molar-refractivity contribution >= 4 is 5.91 Å². The SMILES string of the molecule is CCC(CCN)NC(=O)C1CC1. The van der Waals surface area contributed by atoms with Crippen molar-refractivity contribution in [2.75, 3.05) is 6.54 Å². The Balaban J connectivity index is 2.20. The third kappa shape index (κ3) is 2.81. The molecule has 3 N–H and O–H groups in total. The molecule has 0 saturated heterocycles. The van der Waals surface area contributed by atoms with E-state index in [2.05, 4.69) is 12.2 Å². The van der Waals surface area contributed by atoms with Crippen molar-refractivity contribution in [3.05, 3.63) is 0 Å². The van der Waals surface area contributed by atoms with Crippen LogP contribution >= 0.6 is 0 Å². The molecule has 0 aromatic rings. The zero-order valence-corrected chi connectivity index (χ0v) is 7.68. The number of hydrogen-bond donors (Lipinski definition) is 2. The second-order valence-electron chi connectivity index (χ2n) is 3.47. The lowest BCUT2D eigenvalue weighted by Crippen LogP contribution is -2.36. The molecule has 12 heavy (non-hydrogen) atoms. The van der Waals surface area contributed by atoms with Gasteiger partial charge in [0.25, 0.3) is 0 Å². The lowest BCUT2D eigenvalue weighted by molar-refractivity contribution is -0.123. The molecular weight excluding hydrogens is 152 g/mol. The Morgan fingerprint density at radius 2 is 2.33 bits per heavy atom. The Labute approximate surface area is 73.7 Å². The van der Waals surface area contributed by atoms with E-state index in [0.717, 1.165) is 25.7 Å². The number of rotatable bonds is 5. The van der Waals surface area contributed by atoms with Gasteiger partial charge in [0.05, 0.1) is 0 Å². The van der Waals surface area contributed by atoms with Crippen LogP contribution < -0.4 is 11.1 Å². The molecule has 1 aliphatic carbocycles. The van der Waals surface area contributed by atoms with Crippen LogP contribution in [0.1, 0.15) is 32.6 Å². The van der Waals surface area contributed by atoms with Crippen LogP contribution in [0.15, 0.2) is 0 Å². The average molecular weight is 170 g/mol. The summed E-state index contributed by atoms with van der Waals surface area (Å²) in [4.78, 5) is 11.3. The van der Waals surface area contributed by atoms with Gasteiger partial charge in [-0.2, -0.15) is 0 Å². The Kier molecular flexibility index (Phi) is 3.53. The molecule has 1 unspecified atom stereocenters. The Morgan fingerprint density at radius 3 is 2.75 bits per heavy atom. The highest BCUT2D eigenvalue weighted by Crippen LogP contribution is 2.29. The highest BCUT2D eigenvalue weighted by atomic mass is 16.2. The van der Waals surface area contributed by atoms with E-state index in [1.165, 1.54) is 0 Å². The van der Waals surface area contributed by atoms with Gasteiger partial charge in [0, 0.05) is 12.0 Å². The van der Waals surface area contributed by atoms with E-state index in [0.29, 0.717) is 18.5 Å². The first-order chi connectivity index (χ1) is 5.77. The minimum atomic E-state index is 0.232. The summed E-state index contributed by atoms with van der Waals surface area (Å²) in [7, 11) is 0. The van der Waals surface area contributed by atoms with Gasteiger partial charge in [-0.25, -0.2) is 0 Å². The predicted octanol–water partition coefficient (Wildman–Crippen LogP) is 0.640. The molecule has 1 aliphatic rings. The minimum Gasteiger partial charge on any atom is -0.353 e. The highest BCUT2D eigenvalue weighted by Gasteiger charge is 2.30. The van der Waals surface area contributed by atoms with Crippen molar-refractivity contribution in [1.29, 1.82) is 0 Å². The molecule has 0 spiro atoms. The maximum absolute atomic E-state index is 11.3. The molecule has 0 bridgehead atoms. The van der Waals surface area contributed by atoms with Gasteiger partial charge >= 0.3 is 0 Å². The van der Waals surface area contributed by atoms with Crippen LogP contribution in [0.4, 0.5) is 0 Å². The molecule has 0 aromatic carbocycles. The second kappa shape index (κ2) is 4.45. The first kappa shape index (κ1) is 9.52.